The second kappa shape index (κ2) is 5.69. The zero-order valence-corrected chi connectivity index (χ0v) is 10.9. The Balaban J connectivity index is 2.03. The minimum atomic E-state index is 0.269. The lowest BCUT2D eigenvalue weighted by molar-refractivity contribution is 0.460. The Kier molecular flexibility index (Phi) is 4.00. The highest BCUT2D eigenvalue weighted by Gasteiger charge is 2.08. The van der Waals surface area contributed by atoms with Crippen LogP contribution in [0.5, 0.6) is 5.75 Å². The first-order chi connectivity index (χ1) is 8.68. The highest BCUT2D eigenvalue weighted by molar-refractivity contribution is 5.32. The molecule has 2 rings (SSSR count). The van der Waals surface area contributed by atoms with Crippen LogP contribution < -0.4 is 5.32 Å². The van der Waals surface area contributed by atoms with Crippen LogP contribution >= 0.6 is 0 Å². The summed E-state index contributed by atoms with van der Waals surface area (Å²) in [6, 6.07) is 16.1. The zero-order chi connectivity index (χ0) is 13.0. The molecule has 94 valence electrons. The van der Waals surface area contributed by atoms with Gasteiger partial charge in [0.2, 0.25) is 0 Å². The molecule has 0 amide bonds. The molecular formula is C16H19NO. The van der Waals surface area contributed by atoms with Gasteiger partial charge in [-0.2, -0.15) is 0 Å². The van der Waals surface area contributed by atoms with E-state index >= 15 is 0 Å². The molecule has 0 fully saturated rings. The number of aromatic hydroxyl groups is 1. The van der Waals surface area contributed by atoms with Gasteiger partial charge in [-0.3, -0.25) is 0 Å². The predicted octanol–water partition coefficient (Wildman–Crippen LogP) is 3.55. The maximum atomic E-state index is 9.71. The monoisotopic (exact) mass is 241 g/mol. The second-order valence-corrected chi connectivity index (χ2v) is 4.59. The van der Waals surface area contributed by atoms with Gasteiger partial charge in [0.15, 0.2) is 0 Å². The van der Waals surface area contributed by atoms with Crippen LogP contribution in [-0.4, -0.2) is 5.11 Å². The Morgan fingerprint density at radius 2 is 1.72 bits per heavy atom. The van der Waals surface area contributed by atoms with Crippen LogP contribution in [0.4, 0.5) is 0 Å². The maximum Gasteiger partial charge on any atom is 0.120 e. The molecular weight excluding hydrogens is 222 g/mol. The van der Waals surface area contributed by atoms with E-state index in [1.54, 1.807) is 6.07 Å². The highest BCUT2D eigenvalue weighted by atomic mass is 16.3. The molecule has 0 aliphatic heterocycles. The van der Waals surface area contributed by atoms with Gasteiger partial charge in [-0.15, -0.1) is 0 Å². The first kappa shape index (κ1) is 12.7. The largest absolute Gasteiger partial charge is 0.508 e. The summed E-state index contributed by atoms with van der Waals surface area (Å²) in [5.41, 5.74) is 3.51. The molecule has 2 aromatic carbocycles. The van der Waals surface area contributed by atoms with Crippen LogP contribution in [0, 0.1) is 6.92 Å². The van der Waals surface area contributed by atoms with Crippen molar-refractivity contribution in [3.63, 3.8) is 0 Å². The molecule has 2 nitrogen and oxygen atoms in total. The third-order valence-corrected chi connectivity index (χ3v) is 3.25. The number of para-hydroxylation sites is 1. The van der Waals surface area contributed by atoms with E-state index in [0.29, 0.717) is 12.3 Å². The summed E-state index contributed by atoms with van der Waals surface area (Å²) in [7, 11) is 0. The lowest BCUT2D eigenvalue weighted by Crippen LogP contribution is -2.18. The number of phenolic OH excluding ortho intramolecular Hbond substituents is 1. The Bertz CT molecular complexity index is 522. The molecule has 0 saturated carbocycles. The van der Waals surface area contributed by atoms with E-state index in [-0.39, 0.29) is 6.04 Å². The molecule has 1 atom stereocenters. The molecule has 0 aliphatic carbocycles. The van der Waals surface area contributed by atoms with Crippen LogP contribution in [0.1, 0.15) is 29.7 Å². The summed E-state index contributed by atoms with van der Waals surface area (Å²) in [4.78, 5) is 0. The van der Waals surface area contributed by atoms with Crippen LogP contribution in [0.3, 0.4) is 0 Å². The number of phenols is 1. The lowest BCUT2D eigenvalue weighted by atomic mass is 10.0. The normalized spacial score (nSPS) is 12.3. The number of aryl methyl sites for hydroxylation is 1. The van der Waals surface area contributed by atoms with E-state index in [1.807, 2.05) is 18.2 Å². The summed E-state index contributed by atoms with van der Waals surface area (Å²) in [5, 5.41) is 13.1. The van der Waals surface area contributed by atoms with E-state index in [0.717, 1.165) is 5.56 Å². The van der Waals surface area contributed by atoms with Crippen molar-refractivity contribution in [2.24, 2.45) is 0 Å². The minimum Gasteiger partial charge on any atom is -0.508 e. The summed E-state index contributed by atoms with van der Waals surface area (Å²) < 4.78 is 0. The van der Waals surface area contributed by atoms with Crippen molar-refractivity contribution in [3.8, 4) is 5.75 Å². The van der Waals surface area contributed by atoms with E-state index in [4.69, 9.17) is 0 Å². The van der Waals surface area contributed by atoms with Crippen molar-refractivity contribution < 1.29 is 5.11 Å². The Morgan fingerprint density at radius 3 is 2.44 bits per heavy atom. The van der Waals surface area contributed by atoms with Crippen LogP contribution in [0.2, 0.25) is 0 Å². The Hall–Kier alpha value is -1.80. The summed E-state index contributed by atoms with van der Waals surface area (Å²) in [6.07, 6.45) is 0. The molecule has 0 radical (unpaired) electrons. The van der Waals surface area contributed by atoms with Gasteiger partial charge in [0.1, 0.15) is 5.75 Å². The van der Waals surface area contributed by atoms with Crippen LogP contribution in [0.25, 0.3) is 0 Å². The highest BCUT2D eigenvalue weighted by Crippen LogP contribution is 2.19. The molecule has 0 aliphatic rings. The SMILES string of the molecule is Cc1ccccc1[C@@H](C)NCc1ccccc1O. The third kappa shape index (κ3) is 2.90. The van der Waals surface area contributed by atoms with Crippen LogP contribution in [0.15, 0.2) is 48.5 Å². The predicted molar refractivity (Wildman–Crippen MR) is 74.5 cm³/mol. The smallest absolute Gasteiger partial charge is 0.120 e. The van der Waals surface area contributed by atoms with Gasteiger partial charge in [-0.05, 0) is 31.0 Å². The Labute approximate surface area is 108 Å². The fourth-order valence-electron chi connectivity index (χ4n) is 2.11. The van der Waals surface area contributed by atoms with Crippen molar-refractivity contribution in [2.45, 2.75) is 26.4 Å². The van der Waals surface area contributed by atoms with Crippen molar-refractivity contribution in [1.82, 2.24) is 5.32 Å². The molecule has 0 heterocycles. The number of nitrogens with one attached hydrogen (secondary N) is 1. The van der Waals surface area contributed by atoms with E-state index < -0.39 is 0 Å². The summed E-state index contributed by atoms with van der Waals surface area (Å²) in [5.74, 6) is 0.349. The summed E-state index contributed by atoms with van der Waals surface area (Å²) in [6.45, 7) is 4.93. The maximum absolute atomic E-state index is 9.71. The molecule has 18 heavy (non-hydrogen) atoms. The van der Waals surface area contributed by atoms with Gasteiger partial charge in [0, 0.05) is 18.2 Å². The van der Waals surface area contributed by atoms with E-state index in [2.05, 4.69) is 43.4 Å². The third-order valence-electron chi connectivity index (χ3n) is 3.25. The number of hydrogen-bond acceptors (Lipinski definition) is 2. The Morgan fingerprint density at radius 1 is 1.06 bits per heavy atom. The van der Waals surface area contributed by atoms with Crippen molar-refractivity contribution >= 4 is 0 Å². The average molecular weight is 241 g/mol. The van der Waals surface area contributed by atoms with Gasteiger partial charge in [0.05, 0.1) is 0 Å². The van der Waals surface area contributed by atoms with Gasteiger partial charge in [-0.25, -0.2) is 0 Å². The first-order valence-corrected chi connectivity index (χ1v) is 6.24. The lowest BCUT2D eigenvalue weighted by Gasteiger charge is -2.17. The first-order valence-electron chi connectivity index (χ1n) is 6.24. The number of benzene rings is 2. The molecule has 0 aromatic heterocycles. The second-order valence-electron chi connectivity index (χ2n) is 4.59. The van der Waals surface area contributed by atoms with Gasteiger partial charge in [0.25, 0.3) is 0 Å². The average Bonchev–Trinajstić information content (AvgIpc) is 2.38. The van der Waals surface area contributed by atoms with Gasteiger partial charge >= 0.3 is 0 Å². The summed E-state index contributed by atoms with van der Waals surface area (Å²) >= 11 is 0. The minimum absolute atomic E-state index is 0.269. The van der Waals surface area contributed by atoms with E-state index in [9.17, 15) is 5.11 Å². The van der Waals surface area contributed by atoms with Gasteiger partial charge < -0.3 is 10.4 Å². The molecule has 2 heteroatoms. The molecule has 0 unspecified atom stereocenters. The number of hydrogen-bond donors (Lipinski definition) is 2. The van der Waals surface area contributed by atoms with Crippen molar-refractivity contribution in [2.75, 3.05) is 0 Å². The number of rotatable bonds is 4. The molecule has 2 aromatic rings. The van der Waals surface area contributed by atoms with Gasteiger partial charge in [-0.1, -0.05) is 42.5 Å². The fourth-order valence-corrected chi connectivity index (χ4v) is 2.11. The van der Waals surface area contributed by atoms with Crippen LogP contribution in [-0.2, 0) is 6.54 Å². The van der Waals surface area contributed by atoms with E-state index in [1.165, 1.54) is 11.1 Å². The van der Waals surface area contributed by atoms with Crippen molar-refractivity contribution in [3.05, 3.63) is 65.2 Å². The fraction of sp³-hybridized carbons (Fsp3) is 0.250. The molecule has 2 N–H and O–H groups in total. The van der Waals surface area contributed by atoms with Crippen molar-refractivity contribution in [1.29, 1.82) is 0 Å². The topological polar surface area (TPSA) is 32.3 Å². The zero-order valence-electron chi connectivity index (χ0n) is 10.9. The standard InChI is InChI=1S/C16H19NO/c1-12-7-3-5-9-15(12)13(2)17-11-14-8-4-6-10-16(14)18/h3-10,13,17-18H,11H2,1-2H3/t13-/m1/s1. The quantitative estimate of drug-likeness (QED) is 0.858. The molecule has 0 saturated heterocycles. The molecule has 0 bridgehead atoms. The molecule has 0 spiro atoms.